The highest BCUT2D eigenvalue weighted by Gasteiger charge is 2.27. The van der Waals surface area contributed by atoms with E-state index in [1.165, 1.54) is 47.8 Å². The number of anilines is 1. The number of hydrogen-bond donors (Lipinski definition) is 1. The van der Waals surface area contributed by atoms with Gasteiger partial charge in [0.05, 0.1) is 32.6 Å². The molecule has 11 heteroatoms. The summed E-state index contributed by atoms with van der Waals surface area (Å²) in [6.07, 6.45) is 2.59. The molecule has 0 amide bonds. The Labute approximate surface area is 180 Å². The summed E-state index contributed by atoms with van der Waals surface area (Å²) in [6.45, 7) is 0.886. The Morgan fingerprint density at radius 3 is 2.17 bits per heavy atom. The second-order valence-electron chi connectivity index (χ2n) is 6.51. The predicted octanol–water partition coefficient (Wildman–Crippen LogP) is 3.98. The van der Waals surface area contributed by atoms with Crippen LogP contribution in [0.3, 0.4) is 0 Å². The third-order valence-corrected chi connectivity index (χ3v) is 8.57. The van der Waals surface area contributed by atoms with E-state index in [2.05, 4.69) is 4.72 Å². The molecule has 0 aromatic heterocycles. The number of sulfonamides is 2. The molecule has 158 valence electrons. The number of benzene rings is 2. The first-order chi connectivity index (χ1) is 13.6. The molecule has 7 nitrogen and oxygen atoms in total. The Balaban J connectivity index is 1.98. The Morgan fingerprint density at radius 2 is 1.55 bits per heavy atom. The van der Waals surface area contributed by atoms with E-state index >= 15 is 0 Å². The van der Waals surface area contributed by atoms with E-state index in [-0.39, 0.29) is 31.3 Å². The predicted molar refractivity (Wildman–Crippen MR) is 113 cm³/mol. The van der Waals surface area contributed by atoms with Crippen molar-refractivity contribution < 1.29 is 21.6 Å². The molecular weight excluding hydrogens is 459 g/mol. The van der Waals surface area contributed by atoms with Gasteiger partial charge in [0.25, 0.3) is 10.0 Å². The fraction of sp³-hybridized carbons (Fsp3) is 0.333. The average molecular weight is 479 g/mol. The molecule has 2 aromatic carbocycles. The van der Waals surface area contributed by atoms with Gasteiger partial charge in [-0.25, -0.2) is 16.8 Å². The molecule has 1 fully saturated rings. The molecule has 1 heterocycles. The van der Waals surface area contributed by atoms with E-state index in [1.54, 1.807) is 0 Å². The summed E-state index contributed by atoms with van der Waals surface area (Å²) in [5, 5.41) is 0.306. The maximum Gasteiger partial charge on any atom is 0.262 e. The highest BCUT2D eigenvalue weighted by atomic mass is 35.5. The summed E-state index contributed by atoms with van der Waals surface area (Å²) in [5.74, 6) is 0.186. The molecule has 0 atom stereocenters. The summed E-state index contributed by atoms with van der Waals surface area (Å²) in [6, 6.07) is 7.97. The highest BCUT2D eigenvalue weighted by molar-refractivity contribution is 7.92. The Bertz CT molecular complexity index is 1120. The number of methoxy groups -OCH3 is 1. The van der Waals surface area contributed by atoms with Gasteiger partial charge in [-0.05, 0) is 49.2 Å². The van der Waals surface area contributed by atoms with E-state index in [9.17, 15) is 16.8 Å². The van der Waals surface area contributed by atoms with E-state index in [4.69, 9.17) is 27.9 Å². The van der Waals surface area contributed by atoms with Crippen LogP contribution in [0.1, 0.15) is 19.3 Å². The Kier molecular flexibility index (Phi) is 6.64. The number of hydrogen-bond acceptors (Lipinski definition) is 5. The minimum Gasteiger partial charge on any atom is -0.495 e. The van der Waals surface area contributed by atoms with Crippen LogP contribution in [0.15, 0.2) is 46.2 Å². The van der Waals surface area contributed by atoms with Gasteiger partial charge in [-0.2, -0.15) is 4.31 Å². The van der Waals surface area contributed by atoms with Crippen LogP contribution in [-0.4, -0.2) is 41.3 Å². The molecule has 1 saturated heterocycles. The van der Waals surface area contributed by atoms with Gasteiger partial charge >= 0.3 is 0 Å². The molecule has 1 aliphatic rings. The molecular formula is C18H20Cl2N2O5S2. The summed E-state index contributed by atoms with van der Waals surface area (Å²) in [7, 11) is -6.43. The van der Waals surface area contributed by atoms with Gasteiger partial charge < -0.3 is 4.74 Å². The molecule has 2 aromatic rings. The van der Waals surface area contributed by atoms with Gasteiger partial charge in [-0.1, -0.05) is 29.6 Å². The van der Waals surface area contributed by atoms with Crippen molar-refractivity contribution in [2.45, 2.75) is 29.1 Å². The summed E-state index contributed by atoms with van der Waals surface area (Å²) < 4.78 is 60.4. The number of piperidine rings is 1. The number of ether oxygens (including phenoxy) is 1. The van der Waals surface area contributed by atoms with Crippen molar-refractivity contribution in [1.29, 1.82) is 0 Å². The second kappa shape index (κ2) is 8.69. The minimum atomic E-state index is -4.05. The van der Waals surface area contributed by atoms with Crippen molar-refractivity contribution in [3.63, 3.8) is 0 Å². The molecule has 1 aliphatic heterocycles. The zero-order valence-electron chi connectivity index (χ0n) is 15.6. The molecule has 0 bridgehead atoms. The van der Waals surface area contributed by atoms with Gasteiger partial charge in [-0.3, -0.25) is 4.72 Å². The lowest BCUT2D eigenvalue weighted by Gasteiger charge is -2.26. The minimum absolute atomic E-state index is 0.00737. The van der Waals surface area contributed by atoms with Crippen LogP contribution in [0, 0.1) is 0 Å². The van der Waals surface area contributed by atoms with Gasteiger partial charge in [0.2, 0.25) is 10.0 Å². The van der Waals surface area contributed by atoms with E-state index in [1.807, 2.05) is 0 Å². The molecule has 0 saturated carbocycles. The van der Waals surface area contributed by atoms with Crippen LogP contribution >= 0.6 is 23.2 Å². The Hall–Kier alpha value is -1.52. The Morgan fingerprint density at radius 1 is 0.897 bits per heavy atom. The average Bonchev–Trinajstić information content (AvgIpc) is 2.70. The second-order valence-corrected chi connectivity index (χ2v) is 10.9. The largest absolute Gasteiger partial charge is 0.495 e. The lowest BCUT2D eigenvalue weighted by molar-refractivity contribution is 0.346. The number of halogens is 2. The zero-order chi connectivity index (χ0) is 21.2. The van der Waals surface area contributed by atoms with E-state index < -0.39 is 20.0 Å². The summed E-state index contributed by atoms with van der Waals surface area (Å²) in [4.78, 5) is -0.120. The quantitative estimate of drug-likeness (QED) is 0.677. The van der Waals surface area contributed by atoms with Crippen LogP contribution in [0.2, 0.25) is 10.0 Å². The van der Waals surface area contributed by atoms with Gasteiger partial charge in [0.15, 0.2) is 0 Å². The lowest BCUT2D eigenvalue weighted by atomic mass is 10.2. The van der Waals surface area contributed by atoms with Crippen LogP contribution in [0.4, 0.5) is 5.69 Å². The smallest absolute Gasteiger partial charge is 0.262 e. The topological polar surface area (TPSA) is 92.8 Å². The molecule has 0 spiro atoms. The fourth-order valence-corrected chi connectivity index (χ4v) is 6.02. The highest BCUT2D eigenvalue weighted by Crippen LogP contribution is 2.32. The third kappa shape index (κ3) is 4.80. The van der Waals surface area contributed by atoms with Crippen molar-refractivity contribution >= 4 is 48.9 Å². The molecule has 0 unspecified atom stereocenters. The summed E-state index contributed by atoms with van der Waals surface area (Å²) in [5.41, 5.74) is 0.0108. The maximum atomic E-state index is 12.9. The standard InChI is InChI=1S/C18H20Cl2N2O5S2/c1-27-18-8-6-14(29(25,26)22-9-3-2-4-10-22)12-17(18)21-28(23,24)13-5-7-15(19)16(20)11-13/h5-8,11-12,21H,2-4,9-10H2,1H3. The van der Waals surface area contributed by atoms with Crippen molar-refractivity contribution in [2.24, 2.45) is 0 Å². The first-order valence-electron chi connectivity index (χ1n) is 8.81. The fourth-order valence-electron chi connectivity index (χ4n) is 3.03. The van der Waals surface area contributed by atoms with E-state index in [0.717, 1.165) is 19.3 Å². The van der Waals surface area contributed by atoms with Crippen LogP contribution < -0.4 is 9.46 Å². The third-order valence-electron chi connectivity index (χ3n) is 4.57. The SMILES string of the molecule is COc1ccc(S(=O)(=O)N2CCCCC2)cc1NS(=O)(=O)c1ccc(Cl)c(Cl)c1. The number of nitrogens with zero attached hydrogens (tertiary/aromatic N) is 1. The van der Waals surface area contributed by atoms with Gasteiger partial charge in [0, 0.05) is 13.1 Å². The maximum absolute atomic E-state index is 12.9. The van der Waals surface area contributed by atoms with Crippen LogP contribution in [0.5, 0.6) is 5.75 Å². The molecule has 0 radical (unpaired) electrons. The van der Waals surface area contributed by atoms with Gasteiger partial charge in [0.1, 0.15) is 5.75 Å². The van der Waals surface area contributed by atoms with Crippen molar-refractivity contribution in [1.82, 2.24) is 4.31 Å². The number of nitrogens with one attached hydrogen (secondary N) is 1. The van der Waals surface area contributed by atoms with Crippen LogP contribution in [0.25, 0.3) is 0 Å². The van der Waals surface area contributed by atoms with Gasteiger partial charge in [-0.15, -0.1) is 0 Å². The number of rotatable bonds is 6. The zero-order valence-corrected chi connectivity index (χ0v) is 18.7. The molecule has 29 heavy (non-hydrogen) atoms. The van der Waals surface area contributed by atoms with Crippen molar-refractivity contribution in [2.75, 3.05) is 24.9 Å². The van der Waals surface area contributed by atoms with E-state index in [0.29, 0.717) is 13.1 Å². The lowest BCUT2D eigenvalue weighted by Crippen LogP contribution is -2.35. The molecule has 3 rings (SSSR count). The summed E-state index contributed by atoms with van der Waals surface area (Å²) >= 11 is 11.8. The monoisotopic (exact) mass is 478 g/mol. The molecule has 1 N–H and O–H groups in total. The van der Waals surface area contributed by atoms with Crippen molar-refractivity contribution in [3.8, 4) is 5.75 Å². The molecule has 0 aliphatic carbocycles. The van der Waals surface area contributed by atoms with Crippen molar-refractivity contribution in [3.05, 3.63) is 46.4 Å². The first-order valence-corrected chi connectivity index (χ1v) is 12.5. The van der Waals surface area contributed by atoms with Crippen LogP contribution in [-0.2, 0) is 20.0 Å². The first kappa shape index (κ1) is 22.2. The normalized spacial score (nSPS) is 15.8.